The number of benzene rings is 1. The lowest BCUT2D eigenvalue weighted by molar-refractivity contribution is 0.291. The lowest BCUT2D eigenvalue weighted by atomic mass is 9.76. The SMILES string of the molecule is CS(=O)(=O)NCCCNC1CC(c2ccc(F)cc2)C1. The van der Waals surface area contributed by atoms with Crippen molar-refractivity contribution in [3.05, 3.63) is 35.6 Å². The van der Waals surface area contributed by atoms with E-state index in [0.717, 1.165) is 25.8 Å². The third kappa shape index (κ3) is 4.85. The Bertz CT molecular complexity index is 525. The van der Waals surface area contributed by atoms with E-state index in [-0.39, 0.29) is 5.82 Å². The smallest absolute Gasteiger partial charge is 0.208 e. The van der Waals surface area contributed by atoms with Crippen molar-refractivity contribution in [3.8, 4) is 0 Å². The van der Waals surface area contributed by atoms with Crippen molar-refractivity contribution in [3.63, 3.8) is 0 Å². The first kappa shape index (κ1) is 15.4. The number of sulfonamides is 1. The Hall–Kier alpha value is -0.980. The van der Waals surface area contributed by atoms with Gasteiger partial charge in [-0.05, 0) is 49.4 Å². The average molecular weight is 300 g/mol. The van der Waals surface area contributed by atoms with E-state index in [1.165, 1.54) is 24.0 Å². The van der Waals surface area contributed by atoms with Crippen LogP contribution < -0.4 is 10.0 Å². The Kier molecular flexibility index (Phi) is 5.12. The second-order valence-corrected chi connectivity index (χ2v) is 7.22. The molecule has 1 fully saturated rings. The van der Waals surface area contributed by atoms with Gasteiger partial charge in [-0.15, -0.1) is 0 Å². The highest BCUT2D eigenvalue weighted by atomic mass is 32.2. The Morgan fingerprint density at radius 2 is 1.85 bits per heavy atom. The normalized spacial score (nSPS) is 22.5. The molecular formula is C14H21FN2O2S. The van der Waals surface area contributed by atoms with Crippen LogP contribution in [0.3, 0.4) is 0 Å². The molecule has 2 rings (SSSR count). The van der Waals surface area contributed by atoms with Gasteiger partial charge in [0.05, 0.1) is 6.26 Å². The molecule has 0 bridgehead atoms. The van der Waals surface area contributed by atoms with Gasteiger partial charge in [0.1, 0.15) is 5.82 Å². The van der Waals surface area contributed by atoms with Crippen molar-refractivity contribution in [2.75, 3.05) is 19.3 Å². The van der Waals surface area contributed by atoms with Gasteiger partial charge in [0.25, 0.3) is 0 Å². The molecule has 4 nitrogen and oxygen atoms in total. The lowest BCUT2D eigenvalue weighted by Gasteiger charge is -2.36. The van der Waals surface area contributed by atoms with Gasteiger partial charge in [-0.2, -0.15) is 0 Å². The zero-order chi connectivity index (χ0) is 14.6. The molecule has 6 heteroatoms. The highest BCUT2D eigenvalue weighted by molar-refractivity contribution is 7.88. The minimum absolute atomic E-state index is 0.193. The van der Waals surface area contributed by atoms with Crippen LogP contribution in [-0.2, 0) is 10.0 Å². The van der Waals surface area contributed by atoms with Crippen molar-refractivity contribution in [2.45, 2.75) is 31.2 Å². The van der Waals surface area contributed by atoms with Crippen LogP contribution in [0.15, 0.2) is 24.3 Å². The Balaban J connectivity index is 1.59. The summed E-state index contributed by atoms with van der Waals surface area (Å²) in [4.78, 5) is 0. The fourth-order valence-corrected chi connectivity index (χ4v) is 2.96. The number of hydrogen-bond acceptors (Lipinski definition) is 3. The predicted octanol–water partition coefficient (Wildman–Crippen LogP) is 1.60. The van der Waals surface area contributed by atoms with E-state index in [0.29, 0.717) is 18.5 Å². The van der Waals surface area contributed by atoms with Crippen LogP contribution in [0.2, 0.25) is 0 Å². The molecule has 1 saturated carbocycles. The van der Waals surface area contributed by atoms with E-state index >= 15 is 0 Å². The molecule has 20 heavy (non-hydrogen) atoms. The average Bonchev–Trinajstić information content (AvgIpc) is 2.31. The number of hydrogen-bond donors (Lipinski definition) is 2. The highest BCUT2D eigenvalue weighted by Crippen LogP contribution is 2.36. The molecule has 0 amide bonds. The van der Waals surface area contributed by atoms with E-state index in [4.69, 9.17) is 0 Å². The summed E-state index contributed by atoms with van der Waals surface area (Å²) in [6.45, 7) is 1.28. The van der Waals surface area contributed by atoms with Gasteiger partial charge < -0.3 is 5.32 Å². The summed E-state index contributed by atoms with van der Waals surface area (Å²) in [5, 5.41) is 3.41. The van der Waals surface area contributed by atoms with Crippen LogP contribution in [0, 0.1) is 5.82 Å². The summed E-state index contributed by atoms with van der Waals surface area (Å²) in [5.41, 5.74) is 1.20. The second kappa shape index (κ2) is 6.65. The summed E-state index contributed by atoms with van der Waals surface area (Å²) >= 11 is 0. The van der Waals surface area contributed by atoms with E-state index < -0.39 is 10.0 Å². The molecule has 112 valence electrons. The highest BCUT2D eigenvalue weighted by Gasteiger charge is 2.29. The number of halogens is 1. The van der Waals surface area contributed by atoms with Crippen molar-refractivity contribution in [1.29, 1.82) is 0 Å². The maximum atomic E-state index is 12.8. The van der Waals surface area contributed by atoms with E-state index in [2.05, 4.69) is 10.0 Å². The van der Waals surface area contributed by atoms with Crippen molar-refractivity contribution < 1.29 is 12.8 Å². The molecule has 0 spiro atoms. The summed E-state index contributed by atoms with van der Waals surface area (Å²) in [7, 11) is -3.07. The van der Waals surface area contributed by atoms with Crippen LogP contribution in [0.1, 0.15) is 30.7 Å². The zero-order valence-electron chi connectivity index (χ0n) is 11.6. The fraction of sp³-hybridized carbons (Fsp3) is 0.571. The number of nitrogens with one attached hydrogen (secondary N) is 2. The monoisotopic (exact) mass is 300 g/mol. The fourth-order valence-electron chi connectivity index (χ4n) is 2.44. The second-order valence-electron chi connectivity index (χ2n) is 5.39. The zero-order valence-corrected chi connectivity index (χ0v) is 12.4. The summed E-state index contributed by atoms with van der Waals surface area (Å²) < 4.78 is 37.0. The molecule has 1 aliphatic carbocycles. The third-order valence-electron chi connectivity index (χ3n) is 3.63. The molecule has 0 radical (unpaired) electrons. The van der Waals surface area contributed by atoms with E-state index in [1.54, 1.807) is 0 Å². The quantitative estimate of drug-likeness (QED) is 0.752. The molecule has 0 aromatic heterocycles. The Labute approximate surface area is 119 Å². The van der Waals surface area contributed by atoms with Gasteiger partial charge in [0.15, 0.2) is 0 Å². The van der Waals surface area contributed by atoms with Gasteiger partial charge in [-0.1, -0.05) is 12.1 Å². The van der Waals surface area contributed by atoms with Crippen molar-refractivity contribution >= 4 is 10.0 Å². The molecular weight excluding hydrogens is 279 g/mol. The summed E-state index contributed by atoms with van der Waals surface area (Å²) in [6, 6.07) is 7.21. The van der Waals surface area contributed by atoms with Gasteiger partial charge >= 0.3 is 0 Å². The molecule has 0 atom stereocenters. The van der Waals surface area contributed by atoms with E-state index in [1.807, 2.05) is 12.1 Å². The largest absolute Gasteiger partial charge is 0.314 e. The van der Waals surface area contributed by atoms with Crippen molar-refractivity contribution in [1.82, 2.24) is 10.0 Å². The standard InChI is InChI=1S/C14H21FN2O2S/c1-20(18,19)17-8-2-7-16-14-9-12(10-14)11-3-5-13(15)6-4-11/h3-6,12,14,16-17H,2,7-10H2,1H3. The molecule has 0 unspecified atom stereocenters. The molecule has 2 N–H and O–H groups in total. The Morgan fingerprint density at radius 3 is 2.45 bits per heavy atom. The van der Waals surface area contributed by atoms with Gasteiger partial charge in [-0.25, -0.2) is 17.5 Å². The first-order chi connectivity index (χ1) is 9.44. The lowest BCUT2D eigenvalue weighted by Crippen LogP contribution is -2.41. The van der Waals surface area contributed by atoms with Crippen LogP contribution in [0.25, 0.3) is 0 Å². The maximum absolute atomic E-state index is 12.8. The van der Waals surface area contributed by atoms with Gasteiger partial charge in [0, 0.05) is 12.6 Å². The first-order valence-electron chi connectivity index (χ1n) is 6.87. The Morgan fingerprint density at radius 1 is 1.20 bits per heavy atom. The first-order valence-corrected chi connectivity index (χ1v) is 8.76. The molecule has 1 aliphatic rings. The topological polar surface area (TPSA) is 58.2 Å². The van der Waals surface area contributed by atoms with E-state index in [9.17, 15) is 12.8 Å². The predicted molar refractivity (Wildman–Crippen MR) is 77.6 cm³/mol. The van der Waals surface area contributed by atoms with Crippen LogP contribution in [0.4, 0.5) is 4.39 Å². The molecule has 1 aromatic rings. The van der Waals surface area contributed by atoms with Gasteiger partial charge in [0.2, 0.25) is 10.0 Å². The third-order valence-corrected chi connectivity index (χ3v) is 4.36. The van der Waals surface area contributed by atoms with Crippen LogP contribution >= 0.6 is 0 Å². The summed E-state index contributed by atoms with van der Waals surface area (Å²) in [6.07, 6.45) is 4.07. The minimum atomic E-state index is -3.07. The molecule has 0 saturated heterocycles. The van der Waals surface area contributed by atoms with Gasteiger partial charge in [-0.3, -0.25) is 0 Å². The summed E-state index contributed by atoms with van der Waals surface area (Å²) in [5.74, 6) is 0.323. The molecule has 1 aromatic carbocycles. The van der Waals surface area contributed by atoms with Crippen molar-refractivity contribution in [2.24, 2.45) is 0 Å². The van der Waals surface area contributed by atoms with Crippen LogP contribution in [-0.4, -0.2) is 33.8 Å². The maximum Gasteiger partial charge on any atom is 0.208 e. The number of rotatable bonds is 7. The van der Waals surface area contributed by atoms with Crippen LogP contribution in [0.5, 0.6) is 0 Å². The minimum Gasteiger partial charge on any atom is -0.314 e. The molecule has 0 heterocycles. The molecule has 0 aliphatic heterocycles.